The molecule has 3 nitrogen and oxygen atoms in total. The molecule has 3 heteroatoms. The number of allylic oxidation sites excluding steroid dienone is 1. The fraction of sp³-hybridized carbons (Fsp3) is 0.800. The molecule has 0 aromatic carbocycles. The van der Waals surface area contributed by atoms with Crippen molar-refractivity contribution in [2.45, 2.75) is 72.5 Å². The summed E-state index contributed by atoms with van der Waals surface area (Å²) in [5, 5.41) is 0. The van der Waals surface area contributed by atoms with E-state index < -0.39 is 0 Å². The van der Waals surface area contributed by atoms with Crippen LogP contribution in [0.25, 0.3) is 0 Å². The summed E-state index contributed by atoms with van der Waals surface area (Å²) in [5.41, 5.74) is 0. The SMILES string of the molecule is C=C(CC(CC)C(=O)OC(C)CC)OC(C)CC. The van der Waals surface area contributed by atoms with Gasteiger partial charge in [0, 0.05) is 6.42 Å². The molecule has 0 fully saturated rings. The molecule has 18 heavy (non-hydrogen) atoms. The largest absolute Gasteiger partial charge is 0.496 e. The molecule has 0 aliphatic rings. The van der Waals surface area contributed by atoms with Crippen molar-refractivity contribution >= 4 is 5.97 Å². The first-order valence-electron chi connectivity index (χ1n) is 6.99. The highest BCUT2D eigenvalue weighted by molar-refractivity contribution is 5.72. The molecule has 3 unspecified atom stereocenters. The van der Waals surface area contributed by atoms with Crippen molar-refractivity contribution in [1.82, 2.24) is 0 Å². The fourth-order valence-corrected chi connectivity index (χ4v) is 1.46. The highest BCUT2D eigenvalue weighted by atomic mass is 16.5. The van der Waals surface area contributed by atoms with Gasteiger partial charge in [-0.3, -0.25) is 4.79 Å². The molecule has 0 aromatic heterocycles. The molecule has 0 spiro atoms. The predicted octanol–water partition coefficient (Wildman–Crippen LogP) is 4.07. The number of hydrogen-bond acceptors (Lipinski definition) is 3. The lowest BCUT2D eigenvalue weighted by Crippen LogP contribution is -2.23. The zero-order valence-corrected chi connectivity index (χ0v) is 12.5. The molecule has 0 amide bonds. The first-order valence-corrected chi connectivity index (χ1v) is 6.99. The molecule has 0 aromatic rings. The predicted molar refractivity (Wildman–Crippen MR) is 74.2 cm³/mol. The van der Waals surface area contributed by atoms with Crippen LogP contribution < -0.4 is 0 Å². The summed E-state index contributed by atoms with van der Waals surface area (Å²) in [4.78, 5) is 11.9. The van der Waals surface area contributed by atoms with Crippen molar-refractivity contribution in [3.8, 4) is 0 Å². The Bertz CT molecular complexity index is 260. The zero-order valence-electron chi connectivity index (χ0n) is 12.5. The van der Waals surface area contributed by atoms with Crippen molar-refractivity contribution in [2.24, 2.45) is 5.92 Å². The summed E-state index contributed by atoms with van der Waals surface area (Å²) in [7, 11) is 0. The Morgan fingerprint density at radius 2 is 1.50 bits per heavy atom. The second-order valence-corrected chi connectivity index (χ2v) is 4.84. The average molecular weight is 256 g/mol. The summed E-state index contributed by atoms with van der Waals surface area (Å²) in [5.74, 6) is 0.397. The van der Waals surface area contributed by atoms with Crippen LogP contribution in [0.5, 0.6) is 0 Å². The van der Waals surface area contributed by atoms with E-state index in [-0.39, 0.29) is 24.1 Å². The number of hydrogen-bond donors (Lipinski definition) is 0. The fourth-order valence-electron chi connectivity index (χ4n) is 1.46. The van der Waals surface area contributed by atoms with Crippen LogP contribution in [-0.4, -0.2) is 18.2 Å². The lowest BCUT2D eigenvalue weighted by molar-refractivity contribution is -0.153. The van der Waals surface area contributed by atoms with Gasteiger partial charge in [-0.2, -0.15) is 0 Å². The van der Waals surface area contributed by atoms with E-state index in [2.05, 4.69) is 13.5 Å². The monoisotopic (exact) mass is 256 g/mol. The first kappa shape index (κ1) is 17.0. The van der Waals surface area contributed by atoms with Crippen molar-refractivity contribution < 1.29 is 14.3 Å². The van der Waals surface area contributed by atoms with Crippen LogP contribution in [0.15, 0.2) is 12.3 Å². The molecule has 0 bridgehead atoms. The Hall–Kier alpha value is -0.990. The van der Waals surface area contributed by atoms with Crippen molar-refractivity contribution in [2.75, 3.05) is 0 Å². The van der Waals surface area contributed by atoms with Crippen LogP contribution in [0.4, 0.5) is 0 Å². The maximum absolute atomic E-state index is 11.9. The van der Waals surface area contributed by atoms with E-state index in [4.69, 9.17) is 9.47 Å². The van der Waals surface area contributed by atoms with Gasteiger partial charge in [-0.15, -0.1) is 0 Å². The minimum absolute atomic E-state index is 0.0182. The first-order chi connectivity index (χ1) is 8.44. The van der Waals surface area contributed by atoms with Crippen molar-refractivity contribution in [3.05, 3.63) is 12.3 Å². The number of esters is 1. The topological polar surface area (TPSA) is 35.5 Å². The molecular formula is C15H28O3. The van der Waals surface area contributed by atoms with Gasteiger partial charge in [0.1, 0.15) is 0 Å². The third-order valence-corrected chi connectivity index (χ3v) is 3.14. The molecule has 0 radical (unpaired) electrons. The smallest absolute Gasteiger partial charge is 0.309 e. The normalized spacial score (nSPS) is 15.6. The van der Waals surface area contributed by atoms with E-state index in [9.17, 15) is 4.79 Å². The molecule has 0 N–H and O–H groups in total. The van der Waals surface area contributed by atoms with E-state index in [1.807, 2.05) is 27.7 Å². The second kappa shape index (κ2) is 9.01. The van der Waals surface area contributed by atoms with E-state index >= 15 is 0 Å². The van der Waals surface area contributed by atoms with Crippen LogP contribution in [0, 0.1) is 5.92 Å². The Kier molecular flexibility index (Phi) is 8.51. The number of carbonyl (C=O) groups is 1. The molecule has 0 heterocycles. The Morgan fingerprint density at radius 1 is 1.00 bits per heavy atom. The maximum Gasteiger partial charge on any atom is 0.309 e. The Balaban J connectivity index is 4.24. The minimum Gasteiger partial charge on any atom is -0.496 e. The molecule has 0 rings (SSSR count). The van der Waals surface area contributed by atoms with Gasteiger partial charge in [-0.05, 0) is 33.1 Å². The third-order valence-electron chi connectivity index (χ3n) is 3.14. The molecule has 3 atom stereocenters. The van der Waals surface area contributed by atoms with Gasteiger partial charge < -0.3 is 9.47 Å². The minimum atomic E-state index is -0.143. The average Bonchev–Trinajstić information content (AvgIpc) is 2.35. The molecule has 0 saturated carbocycles. The Morgan fingerprint density at radius 3 is 1.94 bits per heavy atom. The summed E-state index contributed by atoms with van der Waals surface area (Å²) >= 11 is 0. The standard InChI is InChI=1S/C15H28O3/c1-7-11(4)17-13(6)10-14(9-3)15(16)18-12(5)8-2/h11-12,14H,6-10H2,1-5H3. The Labute approximate surface area is 112 Å². The van der Waals surface area contributed by atoms with Crippen LogP contribution in [0.3, 0.4) is 0 Å². The maximum atomic E-state index is 11.9. The van der Waals surface area contributed by atoms with Gasteiger partial charge in [0.05, 0.1) is 23.9 Å². The van der Waals surface area contributed by atoms with E-state index in [1.165, 1.54) is 0 Å². The van der Waals surface area contributed by atoms with Gasteiger partial charge in [-0.25, -0.2) is 0 Å². The van der Waals surface area contributed by atoms with Crippen LogP contribution >= 0.6 is 0 Å². The molecule has 0 aliphatic carbocycles. The summed E-state index contributed by atoms with van der Waals surface area (Å²) in [6, 6.07) is 0. The van der Waals surface area contributed by atoms with Crippen molar-refractivity contribution in [1.29, 1.82) is 0 Å². The number of rotatable bonds is 9. The van der Waals surface area contributed by atoms with Gasteiger partial charge in [0.15, 0.2) is 0 Å². The van der Waals surface area contributed by atoms with Crippen LogP contribution in [0.2, 0.25) is 0 Å². The molecular weight excluding hydrogens is 228 g/mol. The molecule has 106 valence electrons. The van der Waals surface area contributed by atoms with Gasteiger partial charge >= 0.3 is 5.97 Å². The van der Waals surface area contributed by atoms with Gasteiger partial charge in [0.25, 0.3) is 0 Å². The number of ether oxygens (including phenoxy) is 2. The lowest BCUT2D eigenvalue weighted by Gasteiger charge is -2.20. The van der Waals surface area contributed by atoms with E-state index in [0.29, 0.717) is 12.2 Å². The van der Waals surface area contributed by atoms with E-state index in [1.54, 1.807) is 0 Å². The highest BCUT2D eigenvalue weighted by Gasteiger charge is 2.21. The quantitative estimate of drug-likeness (QED) is 0.461. The number of carbonyl (C=O) groups excluding carboxylic acids is 1. The summed E-state index contributed by atoms with van der Waals surface area (Å²) < 4.78 is 11.0. The van der Waals surface area contributed by atoms with Crippen LogP contribution in [-0.2, 0) is 14.3 Å². The highest BCUT2D eigenvalue weighted by Crippen LogP contribution is 2.19. The van der Waals surface area contributed by atoms with E-state index in [0.717, 1.165) is 19.3 Å². The van der Waals surface area contributed by atoms with Crippen LogP contribution in [0.1, 0.15) is 60.3 Å². The molecule has 0 aliphatic heterocycles. The van der Waals surface area contributed by atoms with Gasteiger partial charge in [0.2, 0.25) is 0 Å². The lowest BCUT2D eigenvalue weighted by atomic mass is 10.0. The molecule has 0 saturated heterocycles. The summed E-state index contributed by atoms with van der Waals surface area (Å²) in [6.07, 6.45) is 3.21. The second-order valence-electron chi connectivity index (χ2n) is 4.84. The zero-order chi connectivity index (χ0) is 14.1. The van der Waals surface area contributed by atoms with Crippen molar-refractivity contribution in [3.63, 3.8) is 0 Å². The van der Waals surface area contributed by atoms with Gasteiger partial charge in [-0.1, -0.05) is 27.4 Å². The third kappa shape index (κ3) is 6.67. The summed E-state index contributed by atoms with van der Waals surface area (Å²) in [6.45, 7) is 13.8.